The Morgan fingerprint density at radius 3 is 2.69 bits per heavy atom. The minimum atomic E-state index is -0.227. The lowest BCUT2D eigenvalue weighted by atomic mass is 9.96. The average molecular weight is 397 g/mol. The molecule has 0 aliphatic carbocycles. The molecule has 154 valence electrons. The molecule has 2 fully saturated rings. The number of nitrogens with zero attached hydrogens (tertiary/aromatic N) is 3. The normalized spacial score (nSPS) is 19.8. The average Bonchev–Trinajstić information content (AvgIpc) is 2.78. The molecule has 8 heteroatoms. The molecule has 2 N–H and O–H groups in total. The second-order valence-electron chi connectivity index (χ2n) is 7.57. The van der Waals surface area contributed by atoms with Crippen LogP contribution in [0.4, 0.5) is 11.4 Å². The van der Waals surface area contributed by atoms with Gasteiger partial charge in [0, 0.05) is 44.5 Å². The van der Waals surface area contributed by atoms with Crippen molar-refractivity contribution in [3.63, 3.8) is 0 Å². The summed E-state index contributed by atoms with van der Waals surface area (Å²) in [6.07, 6.45) is 3.41. The van der Waals surface area contributed by atoms with Gasteiger partial charge in [0.2, 0.25) is 5.91 Å². The molecule has 2 aliphatic heterocycles. The topological polar surface area (TPSA) is 90.6 Å². The van der Waals surface area contributed by atoms with E-state index in [0.717, 1.165) is 56.9 Å². The van der Waals surface area contributed by atoms with E-state index in [1.807, 2.05) is 0 Å². The van der Waals surface area contributed by atoms with Gasteiger partial charge in [0.25, 0.3) is 5.56 Å². The smallest absolute Gasteiger partial charge is 0.266 e. The monoisotopic (exact) mass is 397 g/mol. The number of hydrogen-bond acceptors (Lipinski definition) is 6. The SMILES string of the molecule is O=C(NCc1ccc(N2CCOCC2)cc1)C1CCCN(c2cn[nH]c(=O)c2)C1. The number of piperidine rings is 1. The van der Waals surface area contributed by atoms with E-state index >= 15 is 0 Å². The van der Waals surface area contributed by atoms with Crippen molar-refractivity contribution in [2.75, 3.05) is 49.2 Å². The van der Waals surface area contributed by atoms with Crippen LogP contribution in [-0.4, -0.2) is 55.5 Å². The fourth-order valence-corrected chi connectivity index (χ4v) is 3.94. The van der Waals surface area contributed by atoms with Crippen LogP contribution >= 0.6 is 0 Å². The maximum absolute atomic E-state index is 12.7. The van der Waals surface area contributed by atoms with Crippen LogP contribution in [0.5, 0.6) is 0 Å². The third-order valence-corrected chi connectivity index (χ3v) is 5.59. The third kappa shape index (κ3) is 4.95. The van der Waals surface area contributed by atoms with Gasteiger partial charge in [-0.1, -0.05) is 12.1 Å². The predicted octanol–water partition coefficient (Wildman–Crippen LogP) is 1.14. The molecular weight excluding hydrogens is 370 g/mol. The van der Waals surface area contributed by atoms with E-state index < -0.39 is 0 Å². The summed E-state index contributed by atoms with van der Waals surface area (Å²) in [6.45, 7) is 5.32. The summed E-state index contributed by atoms with van der Waals surface area (Å²) in [6, 6.07) is 9.88. The fraction of sp³-hybridized carbons (Fsp3) is 0.476. The Bertz CT molecular complexity index is 876. The summed E-state index contributed by atoms with van der Waals surface area (Å²) in [5.74, 6) is -0.0274. The van der Waals surface area contributed by atoms with Crippen LogP contribution in [0.2, 0.25) is 0 Å². The zero-order valence-electron chi connectivity index (χ0n) is 16.5. The molecule has 2 aliphatic rings. The number of aromatic amines is 1. The number of H-pyrrole nitrogens is 1. The summed E-state index contributed by atoms with van der Waals surface area (Å²) < 4.78 is 5.40. The lowest BCUT2D eigenvalue weighted by Crippen LogP contribution is -2.43. The lowest BCUT2D eigenvalue weighted by molar-refractivity contribution is -0.125. The summed E-state index contributed by atoms with van der Waals surface area (Å²) in [5, 5.41) is 9.31. The second-order valence-corrected chi connectivity index (χ2v) is 7.57. The van der Waals surface area contributed by atoms with Crippen LogP contribution in [-0.2, 0) is 16.1 Å². The molecule has 8 nitrogen and oxygen atoms in total. The number of amides is 1. The maximum atomic E-state index is 12.7. The molecule has 29 heavy (non-hydrogen) atoms. The number of carbonyl (C=O) groups excluding carboxylic acids is 1. The number of aromatic nitrogens is 2. The number of morpholine rings is 1. The number of benzene rings is 1. The van der Waals surface area contributed by atoms with E-state index in [0.29, 0.717) is 13.1 Å². The molecule has 2 saturated heterocycles. The first-order chi connectivity index (χ1) is 14.2. The van der Waals surface area contributed by atoms with E-state index in [4.69, 9.17) is 4.74 Å². The highest BCUT2D eigenvalue weighted by Gasteiger charge is 2.26. The minimum Gasteiger partial charge on any atom is -0.378 e. The van der Waals surface area contributed by atoms with E-state index in [-0.39, 0.29) is 17.4 Å². The van der Waals surface area contributed by atoms with E-state index in [1.54, 1.807) is 6.20 Å². The molecule has 3 heterocycles. The van der Waals surface area contributed by atoms with Gasteiger partial charge in [-0.05, 0) is 30.5 Å². The quantitative estimate of drug-likeness (QED) is 0.786. The zero-order valence-corrected chi connectivity index (χ0v) is 16.5. The van der Waals surface area contributed by atoms with E-state index in [2.05, 4.69) is 49.6 Å². The van der Waals surface area contributed by atoms with Crippen LogP contribution in [0, 0.1) is 5.92 Å². The molecule has 1 aromatic carbocycles. The van der Waals surface area contributed by atoms with Crippen molar-refractivity contribution < 1.29 is 9.53 Å². The second kappa shape index (κ2) is 9.09. The van der Waals surface area contributed by atoms with Crippen molar-refractivity contribution in [3.8, 4) is 0 Å². The van der Waals surface area contributed by atoms with Gasteiger partial charge in [-0.25, -0.2) is 5.10 Å². The minimum absolute atomic E-state index is 0.0600. The Kier molecular flexibility index (Phi) is 6.09. The Balaban J connectivity index is 1.30. The highest BCUT2D eigenvalue weighted by Crippen LogP contribution is 2.22. The van der Waals surface area contributed by atoms with Crippen LogP contribution in [0.3, 0.4) is 0 Å². The largest absolute Gasteiger partial charge is 0.378 e. The lowest BCUT2D eigenvalue weighted by Gasteiger charge is -2.33. The molecule has 0 bridgehead atoms. The number of nitrogens with one attached hydrogen (secondary N) is 2. The van der Waals surface area contributed by atoms with Gasteiger partial charge < -0.3 is 19.9 Å². The van der Waals surface area contributed by atoms with E-state index in [9.17, 15) is 9.59 Å². The van der Waals surface area contributed by atoms with Gasteiger partial charge in [-0.3, -0.25) is 9.59 Å². The van der Waals surface area contributed by atoms with Crippen molar-refractivity contribution in [1.82, 2.24) is 15.5 Å². The van der Waals surface area contributed by atoms with Crippen molar-refractivity contribution >= 4 is 17.3 Å². The van der Waals surface area contributed by atoms with Gasteiger partial charge >= 0.3 is 0 Å². The van der Waals surface area contributed by atoms with Gasteiger partial charge in [0.05, 0.1) is 31.0 Å². The van der Waals surface area contributed by atoms with Crippen LogP contribution in [0.1, 0.15) is 18.4 Å². The number of hydrogen-bond donors (Lipinski definition) is 2. The molecule has 0 radical (unpaired) electrons. The maximum Gasteiger partial charge on any atom is 0.266 e. The molecule has 0 saturated carbocycles. The number of ether oxygens (including phenoxy) is 1. The number of carbonyl (C=O) groups is 1. The van der Waals surface area contributed by atoms with Gasteiger partial charge in [-0.2, -0.15) is 5.10 Å². The van der Waals surface area contributed by atoms with Crippen molar-refractivity contribution in [3.05, 3.63) is 52.4 Å². The first-order valence-electron chi connectivity index (χ1n) is 10.2. The highest BCUT2D eigenvalue weighted by molar-refractivity contribution is 5.79. The summed E-state index contributed by atoms with van der Waals surface area (Å²) in [5.41, 5.74) is 2.82. The molecule has 4 rings (SSSR count). The number of anilines is 2. The summed E-state index contributed by atoms with van der Waals surface area (Å²) in [4.78, 5) is 28.6. The third-order valence-electron chi connectivity index (χ3n) is 5.59. The van der Waals surface area contributed by atoms with Crippen molar-refractivity contribution in [2.45, 2.75) is 19.4 Å². The Hall–Kier alpha value is -2.87. The van der Waals surface area contributed by atoms with Crippen LogP contribution < -0.4 is 20.7 Å². The standard InChI is InChI=1S/C21H27N5O3/c27-20-12-19(14-23-24-20)26-7-1-2-17(15-26)21(28)22-13-16-3-5-18(6-4-16)25-8-10-29-11-9-25/h3-6,12,14,17H,1-2,7-11,13,15H2,(H,22,28)(H,24,27). The molecule has 2 aromatic rings. The fourth-order valence-electron chi connectivity index (χ4n) is 3.94. The van der Waals surface area contributed by atoms with Gasteiger partial charge in [-0.15, -0.1) is 0 Å². The van der Waals surface area contributed by atoms with Crippen LogP contribution in [0.25, 0.3) is 0 Å². The van der Waals surface area contributed by atoms with Gasteiger partial charge in [0.1, 0.15) is 0 Å². The highest BCUT2D eigenvalue weighted by atomic mass is 16.5. The summed E-state index contributed by atoms with van der Waals surface area (Å²) in [7, 11) is 0. The Labute approximate surface area is 169 Å². The molecule has 1 unspecified atom stereocenters. The van der Waals surface area contributed by atoms with Crippen molar-refractivity contribution in [2.24, 2.45) is 5.92 Å². The Morgan fingerprint density at radius 1 is 1.14 bits per heavy atom. The molecule has 1 atom stereocenters. The predicted molar refractivity (Wildman–Crippen MR) is 111 cm³/mol. The number of rotatable bonds is 5. The molecule has 1 amide bonds. The molecular formula is C21H27N5O3. The Morgan fingerprint density at radius 2 is 1.93 bits per heavy atom. The van der Waals surface area contributed by atoms with Gasteiger partial charge in [0.15, 0.2) is 0 Å². The first kappa shape index (κ1) is 19.4. The molecule has 1 aromatic heterocycles. The van der Waals surface area contributed by atoms with Crippen molar-refractivity contribution in [1.29, 1.82) is 0 Å². The zero-order chi connectivity index (χ0) is 20.1. The summed E-state index contributed by atoms with van der Waals surface area (Å²) >= 11 is 0. The first-order valence-corrected chi connectivity index (χ1v) is 10.2. The van der Waals surface area contributed by atoms with E-state index in [1.165, 1.54) is 11.8 Å². The van der Waals surface area contributed by atoms with Crippen LogP contribution in [0.15, 0.2) is 41.3 Å². The molecule has 0 spiro atoms.